The van der Waals surface area contributed by atoms with Crippen LogP contribution in [-0.2, 0) is 14.4 Å². The van der Waals surface area contributed by atoms with Crippen LogP contribution in [0.3, 0.4) is 0 Å². The number of piperazine rings is 1. The van der Waals surface area contributed by atoms with Crippen molar-refractivity contribution in [1.82, 2.24) is 10.2 Å². The molecule has 0 bridgehead atoms. The van der Waals surface area contributed by atoms with E-state index in [9.17, 15) is 14.4 Å². The molecule has 1 aliphatic rings. The van der Waals surface area contributed by atoms with Crippen molar-refractivity contribution in [2.75, 3.05) is 44.7 Å². The molecule has 1 aromatic rings. The molecular formula is C17H23N3O4. The van der Waals surface area contributed by atoms with Gasteiger partial charge in [-0.25, -0.2) is 0 Å². The number of ketones is 1. The van der Waals surface area contributed by atoms with Crippen molar-refractivity contribution < 1.29 is 19.1 Å². The summed E-state index contributed by atoms with van der Waals surface area (Å²) in [5.41, 5.74) is 1.09. The summed E-state index contributed by atoms with van der Waals surface area (Å²) in [6.07, 6.45) is 0.139. The summed E-state index contributed by atoms with van der Waals surface area (Å²) in [6, 6.07) is 7.81. The van der Waals surface area contributed by atoms with E-state index in [1.54, 1.807) is 18.9 Å². The lowest BCUT2D eigenvalue weighted by Gasteiger charge is -2.36. The Morgan fingerprint density at radius 3 is 2.25 bits per heavy atom. The van der Waals surface area contributed by atoms with Crippen LogP contribution in [0.5, 0.6) is 5.75 Å². The van der Waals surface area contributed by atoms with Gasteiger partial charge < -0.3 is 19.9 Å². The van der Waals surface area contributed by atoms with Crippen molar-refractivity contribution in [1.29, 1.82) is 0 Å². The van der Waals surface area contributed by atoms with Gasteiger partial charge >= 0.3 is 0 Å². The van der Waals surface area contributed by atoms with Gasteiger partial charge in [0.1, 0.15) is 5.75 Å². The molecule has 1 N–H and O–H groups in total. The largest absolute Gasteiger partial charge is 0.497 e. The van der Waals surface area contributed by atoms with Gasteiger partial charge in [0.05, 0.1) is 13.7 Å². The SMILES string of the molecule is CCC(=O)C(=O)NCC(=O)N1CCN(c2ccc(OC)cc2)CC1. The third-order valence-corrected chi connectivity index (χ3v) is 4.04. The zero-order valence-corrected chi connectivity index (χ0v) is 14.1. The molecule has 7 heteroatoms. The zero-order chi connectivity index (χ0) is 17.5. The molecule has 0 radical (unpaired) electrons. The highest BCUT2D eigenvalue weighted by Crippen LogP contribution is 2.20. The van der Waals surface area contributed by atoms with Crippen LogP contribution < -0.4 is 15.0 Å². The lowest BCUT2D eigenvalue weighted by atomic mass is 10.2. The molecule has 0 spiro atoms. The molecule has 1 saturated heterocycles. The Hall–Kier alpha value is -2.57. The van der Waals surface area contributed by atoms with Gasteiger partial charge in [-0.15, -0.1) is 0 Å². The van der Waals surface area contributed by atoms with Crippen LogP contribution in [0.2, 0.25) is 0 Å². The summed E-state index contributed by atoms with van der Waals surface area (Å²) >= 11 is 0. The van der Waals surface area contributed by atoms with Crippen molar-refractivity contribution in [3.8, 4) is 5.75 Å². The van der Waals surface area contributed by atoms with Crippen LogP contribution in [0, 0.1) is 0 Å². The summed E-state index contributed by atoms with van der Waals surface area (Å²) in [4.78, 5) is 38.6. The smallest absolute Gasteiger partial charge is 0.287 e. The number of hydrogen-bond donors (Lipinski definition) is 1. The van der Waals surface area contributed by atoms with Gasteiger partial charge in [0.25, 0.3) is 5.91 Å². The second-order valence-electron chi connectivity index (χ2n) is 5.53. The molecule has 1 fully saturated rings. The van der Waals surface area contributed by atoms with Crippen LogP contribution in [0.15, 0.2) is 24.3 Å². The van der Waals surface area contributed by atoms with E-state index in [0.717, 1.165) is 24.5 Å². The second kappa shape index (κ2) is 8.33. The maximum Gasteiger partial charge on any atom is 0.287 e. The molecule has 24 heavy (non-hydrogen) atoms. The fourth-order valence-electron chi connectivity index (χ4n) is 2.53. The number of carbonyl (C=O) groups excluding carboxylic acids is 3. The topological polar surface area (TPSA) is 79.0 Å². The van der Waals surface area contributed by atoms with Crippen LogP contribution in [0.4, 0.5) is 5.69 Å². The fourth-order valence-corrected chi connectivity index (χ4v) is 2.53. The first-order valence-corrected chi connectivity index (χ1v) is 8.03. The van der Waals surface area contributed by atoms with Crippen LogP contribution >= 0.6 is 0 Å². The molecule has 7 nitrogen and oxygen atoms in total. The summed E-state index contributed by atoms with van der Waals surface area (Å²) in [5, 5.41) is 2.38. The monoisotopic (exact) mass is 333 g/mol. The zero-order valence-electron chi connectivity index (χ0n) is 14.1. The molecular weight excluding hydrogens is 310 g/mol. The van der Waals surface area contributed by atoms with Gasteiger partial charge in [-0.3, -0.25) is 14.4 Å². The van der Waals surface area contributed by atoms with Crippen LogP contribution in [-0.4, -0.2) is 62.3 Å². The first kappa shape index (κ1) is 17.8. The second-order valence-corrected chi connectivity index (χ2v) is 5.53. The van der Waals surface area contributed by atoms with E-state index < -0.39 is 11.7 Å². The predicted molar refractivity (Wildman–Crippen MR) is 90.1 cm³/mol. The standard InChI is InChI=1S/C17H23N3O4/c1-3-15(21)17(23)18-12-16(22)20-10-8-19(9-11-20)13-4-6-14(24-2)7-5-13/h4-7H,3,8-12H2,1-2H3,(H,18,23). The maximum absolute atomic E-state index is 12.1. The van der Waals surface area contributed by atoms with E-state index in [4.69, 9.17) is 4.74 Å². The average molecular weight is 333 g/mol. The van der Waals surface area contributed by atoms with E-state index in [2.05, 4.69) is 10.2 Å². The van der Waals surface area contributed by atoms with E-state index in [-0.39, 0.29) is 18.9 Å². The Labute approximate surface area is 141 Å². The summed E-state index contributed by atoms with van der Waals surface area (Å²) in [5.74, 6) is -0.554. The normalized spacial score (nSPS) is 14.2. The number of Topliss-reactive ketones (excluding diaryl/α,β-unsaturated/α-hetero) is 1. The molecule has 1 heterocycles. The number of benzene rings is 1. The first-order valence-electron chi connectivity index (χ1n) is 8.03. The van der Waals surface area contributed by atoms with Crippen molar-refractivity contribution >= 4 is 23.3 Å². The minimum atomic E-state index is -0.692. The first-order chi connectivity index (χ1) is 11.5. The molecule has 2 amide bonds. The Kier molecular flexibility index (Phi) is 6.17. The fraction of sp³-hybridized carbons (Fsp3) is 0.471. The number of nitrogens with one attached hydrogen (secondary N) is 1. The number of nitrogens with zero attached hydrogens (tertiary/aromatic N) is 2. The highest BCUT2D eigenvalue weighted by molar-refractivity contribution is 6.36. The van der Waals surface area contributed by atoms with Crippen molar-refractivity contribution in [2.24, 2.45) is 0 Å². The summed E-state index contributed by atoms with van der Waals surface area (Å²) in [6.45, 7) is 4.10. The van der Waals surface area contributed by atoms with Gasteiger partial charge in [0, 0.05) is 38.3 Å². The van der Waals surface area contributed by atoms with Crippen molar-refractivity contribution in [3.63, 3.8) is 0 Å². The number of amides is 2. The maximum atomic E-state index is 12.1. The summed E-state index contributed by atoms with van der Waals surface area (Å²) < 4.78 is 5.15. The van der Waals surface area contributed by atoms with E-state index >= 15 is 0 Å². The van der Waals surface area contributed by atoms with Gasteiger partial charge in [0.2, 0.25) is 11.7 Å². The number of carbonyl (C=O) groups is 3. The molecule has 1 aliphatic heterocycles. The molecule has 0 atom stereocenters. The molecule has 0 saturated carbocycles. The van der Waals surface area contributed by atoms with Gasteiger partial charge in [0.15, 0.2) is 0 Å². The Balaban J connectivity index is 1.80. The number of hydrogen-bond acceptors (Lipinski definition) is 5. The molecule has 0 aromatic heterocycles. The molecule has 2 rings (SSSR count). The number of ether oxygens (including phenoxy) is 1. The molecule has 0 unspecified atom stereocenters. The van der Waals surface area contributed by atoms with Gasteiger partial charge in [-0.2, -0.15) is 0 Å². The average Bonchev–Trinajstić information content (AvgIpc) is 2.65. The quantitative estimate of drug-likeness (QED) is 0.764. The lowest BCUT2D eigenvalue weighted by molar-refractivity contribution is -0.139. The van der Waals surface area contributed by atoms with Gasteiger partial charge in [-0.05, 0) is 24.3 Å². The Morgan fingerprint density at radius 1 is 1.08 bits per heavy atom. The number of methoxy groups -OCH3 is 1. The third kappa shape index (κ3) is 4.47. The van der Waals surface area contributed by atoms with E-state index in [0.29, 0.717) is 13.1 Å². The van der Waals surface area contributed by atoms with Crippen LogP contribution in [0.1, 0.15) is 13.3 Å². The third-order valence-electron chi connectivity index (χ3n) is 4.04. The minimum Gasteiger partial charge on any atom is -0.497 e. The van der Waals surface area contributed by atoms with Crippen molar-refractivity contribution in [2.45, 2.75) is 13.3 Å². The lowest BCUT2D eigenvalue weighted by Crippen LogP contribution is -2.51. The number of rotatable bonds is 6. The van der Waals surface area contributed by atoms with Crippen LogP contribution in [0.25, 0.3) is 0 Å². The molecule has 1 aromatic carbocycles. The van der Waals surface area contributed by atoms with Crippen molar-refractivity contribution in [3.05, 3.63) is 24.3 Å². The summed E-state index contributed by atoms with van der Waals surface area (Å²) in [7, 11) is 1.63. The van der Waals surface area contributed by atoms with E-state index in [1.807, 2.05) is 24.3 Å². The predicted octanol–water partition coefficient (Wildman–Crippen LogP) is 0.439. The highest BCUT2D eigenvalue weighted by Gasteiger charge is 2.22. The Bertz CT molecular complexity index is 592. The molecule has 130 valence electrons. The number of anilines is 1. The Morgan fingerprint density at radius 2 is 1.71 bits per heavy atom. The minimum absolute atomic E-state index is 0.132. The molecule has 0 aliphatic carbocycles. The highest BCUT2D eigenvalue weighted by atomic mass is 16.5. The van der Waals surface area contributed by atoms with E-state index in [1.165, 1.54) is 0 Å². The van der Waals surface area contributed by atoms with Gasteiger partial charge in [-0.1, -0.05) is 6.92 Å².